The SMILES string of the molecule is COc1ccc(NC(=O)Cc2csc(NC(=O)c3ccccc3)n2)cc1. The van der Waals surface area contributed by atoms with Crippen LogP contribution in [0.5, 0.6) is 5.75 Å². The molecule has 2 N–H and O–H groups in total. The molecule has 0 bridgehead atoms. The van der Waals surface area contributed by atoms with Crippen molar-refractivity contribution in [1.82, 2.24) is 4.98 Å². The molecule has 7 heteroatoms. The molecule has 0 saturated heterocycles. The molecule has 2 aromatic carbocycles. The van der Waals surface area contributed by atoms with Gasteiger partial charge in [0, 0.05) is 16.6 Å². The Kier molecular flexibility index (Phi) is 5.60. The number of nitrogens with zero attached hydrogens (tertiary/aromatic N) is 1. The van der Waals surface area contributed by atoms with Crippen LogP contribution in [0, 0.1) is 0 Å². The van der Waals surface area contributed by atoms with Gasteiger partial charge in [-0.3, -0.25) is 14.9 Å². The number of thiazole rings is 1. The third-order valence-electron chi connectivity index (χ3n) is 3.52. The van der Waals surface area contributed by atoms with Crippen molar-refractivity contribution >= 4 is 34.0 Å². The van der Waals surface area contributed by atoms with Crippen LogP contribution < -0.4 is 15.4 Å². The second-order valence-corrected chi connectivity index (χ2v) is 6.28. The lowest BCUT2D eigenvalue weighted by atomic mass is 10.2. The molecule has 0 aliphatic heterocycles. The van der Waals surface area contributed by atoms with Crippen LogP contribution in [0.4, 0.5) is 10.8 Å². The van der Waals surface area contributed by atoms with Gasteiger partial charge in [-0.05, 0) is 36.4 Å². The number of benzene rings is 2. The van der Waals surface area contributed by atoms with Crippen molar-refractivity contribution in [2.24, 2.45) is 0 Å². The Labute approximate surface area is 154 Å². The predicted molar refractivity (Wildman–Crippen MR) is 102 cm³/mol. The van der Waals surface area contributed by atoms with Crippen LogP contribution in [0.25, 0.3) is 0 Å². The molecular weight excluding hydrogens is 350 g/mol. The molecule has 1 heterocycles. The monoisotopic (exact) mass is 367 g/mol. The Morgan fingerprint density at radius 3 is 2.46 bits per heavy atom. The summed E-state index contributed by atoms with van der Waals surface area (Å²) in [5.41, 5.74) is 1.84. The van der Waals surface area contributed by atoms with E-state index >= 15 is 0 Å². The fourth-order valence-electron chi connectivity index (χ4n) is 2.25. The third-order valence-corrected chi connectivity index (χ3v) is 4.33. The van der Waals surface area contributed by atoms with Gasteiger partial charge in [0.2, 0.25) is 5.91 Å². The van der Waals surface area contributed by atoms with Crippen molar-refractivity contribution in [2.45, 2.75) is 6.42 Å². The number of hydrogen-bond acceptors (Lipinski definition) is 5. The molecule has 3 rings (SSSR count). The second-order valence-electron chi connectivity index (χ2n) is 5.42. The molecule has 6 nitrogen and oxygen atoms in total. The summed E-state index contributed by atoms with van der Waals surface area (Å²) in [6.45, 7) is 0. The highest BCUT2D eigenvalue weighted by Gasteiger charge is 2.11. The average Bonchev–Trinajstić information content (AvgIpc) is 3.09. The minimum absolute atomic E-state index is 0.129. The van der Waals surface area contributed by atoms with Gasteiger partial charge in [0.15, 0.2) is 5.13 Å². The van der Waals surface area contributed by atoms with Gasteiger partial charge >= 0.3 is 0 Å². The highest BCUT2D eigenvalue weighted by Crippen LogP contribution is 2.18. The van der Waals surface area contributed by atoms with Gasteiger partial charge < -0.3 is 10.1 Å². The molecule has 3 aromatic rings. The summed E-state index contributed by atoms with van der Waals surface area (Å²) in [5, 5.41) is 7.76. The summed E-state index contributed by atoms with van der Waals surface area (Å²) < 4.78 is 5.08. The van der Waals surface area contributed by atoms with Gasteiger partial charge in [-0.25, -0.2) is 4.98 Å². The first-order valence-electron chi connectivity index (χ1n) is 7.89. The van der Waals surface area contributed by atoms with Crippen LogP contribution >= 0.6 is 11.3 Å². The van der Waals surface area contributed by atoms with Gasteiger partial charge in [0.1, 0.15) is 5.75 Å². The number of amides is 2. The summed E-state index contributed by atoms with van der Waals surface area (Å²) in [5.74, 6) is 0.317. The molecule has 0 aliphatic rings. The quantitative estimate of drug-likeness (QED) is 0.698. The van der Waals surface area contributed by atoms with Crippen LogP contribution in [0.1, 0.15) is 16.1 Å². The van der Waals surface area contributed by atoms with Crippen LogP contribution in [-0.2, 0) is 11.2 Å². The number of aromatic nitrogens is 1. The van der Waals surface area contributed by atoms with Crippen LogP contribution in [0.15, 0.2) is 60.0 Å². The van der Waals surface area contributed by atoms with Gasteiger partial charge in [0.05, 0.1) is 19.2 Å². The van der Waals surface area contributed by atoms with E-state index in [9.17, 15) is 9.59 Å². The van der Waals surface area contributed by atoms with Crippen LogP contribution in [0.2, 0.25) is 0 Å². The second kappa shape index (κ2) is 8.26. The van der Waals surface area contributed by atoms with E-state index in [1.54, 1.807) is 61.0 Å². The molecule has 2 amide bonds. The van der Waals surface area contributed by atoms with Crippen molar-refractivity contribution in [3.05, 3.63) is 71.2 Å². The van der Waals surface area contributed by atoms with E-state index in [2.05, 4.69) is 15.6 Å². The molecule has 0 atom stereocenters. The summed E-state index contributed by atoms with van der Waals surface area (Å²) in [4.78, 5) is 28.5. The molecule has 0 spiro atoms. The Morgan fingerprint density at radius 1 is 1.04 bits per heavy atom. The summed E-state index contributed by atoms with van der Waals surface area (Å²) in [6.07, 6.45) is 0.129. The third kappa shape index (κ3) is 4.67. The molecule has 0 unspecified atom stereocenters. The van der Waals surface area contributed by atoms with Crippen molar-refractivity contribution < 1.29 is 14.3 Å². The minimum atomic E-state index is -0.228. The normalized spacial score (nSPS) is 10.2. The van der Waals surface area contributed by atoms with Crippen LogP contribution in [0.3, 0.4) is 0 Å². The van der Waals surface area contributed by atoms with Crippen molar-refractivity contribution in [3.63, 3.8) is 0 Å². The van der Waals surface area contributed by atoms with Crippen LogP contribution in [-0.4, -0.2) is 23.9 Å². The van der Waals surface area contributed by atoms with E-state index in [0.29, 0.717) is 22.1 Å². The fourth-order valence-corrected chi connectivity index (χ4v) is 2.95. The molecule has 1 aromatic heterocycles. The lowest BCUT2D eigenvalue weighted by Crippen LogP contribution is -2.15. The number of ether oxygens (including phenoxy) is 1. The van der Waals surface area contributed by atoms with Gasteiger partial charge in [-0.1, -0.05) is 18.2 Å². The Bertz CT molecular complexity index is 892. The van der Waals surface area contributed by atoms with Gasteiger partial charge in [0.25, 0.3) is 5.91 Å². The highest BCUT2D eigenvalue weighted by atomic mass is 32.1. The first-order valence-corrected chi connectivity index (χ1v) is 8.77. The lowest BCUT2D eigenvalue weighted by Gasteiger charge is -2.05. The standard InChI is InChI=1S/C19H17N3O3S/c1-25-16-9-7-14(8-10-16)20-17(23)11-15-12-26-19(21-15)22-18(24)13-5-3-2-4-6-13/h2-10,12H,11H2,1H3,(H,20,23)(H,21,22,24). The molecular formula is C19H17N3O3S. The number of hydrogen-bond donors (Lipinski definition) is 2. The maximum atomic E-state index is 12.1. The molecule has 0 aliphatic carbocycles. The molecule has 26 heavy (non-hydrogen) atoms. The Balaban J connectivity index is 1.55. The fraction of sp³-hybridized carbons (Fsp3) is 0.105. The van der Waals surface area contributed by atoms with Crippen molar-refractivity contribution in [1.29, 1.82) is 0 Å². The first kappa shape index (κ1) is 17.6. The maximum Gasteiger partial charge on any atom is 0.257 e. The molecule has 0 fully saturated rings. The van der Waals surface area contributed by atoms with Crippen molar-refractivity contribution in [3.8, 4) is 5.75 Å². The number of rotatable bonds is 6. The van der Waals surface area contributed by atoms with E-state index in [-0.39, 0.29) is 18.2 Å². The number of nitrogens with one attached hydrogen (secondary N) is 2. The van der Waals surface area contributed by atoms with E-state index in [4.69, 9.17) is 4.74 Å². The highest BCUT2D eigenvalue weighted by molar-refractivity contribution is 7.14. The van der Waals surface area contributed by atoms with Gasteiger partial charge in [-0.2, -0.15) is 0 Å². The molecule has 0 radical (unpaired) electrons. The largest absolute Gasteiger partial charge is 0.497 e. The topological polar surface area (TPSA) is 80.3 Å². The van der Waals surface area contributed by atoms with E-state index in [1.807, 2.05) is 6.07 Å². The first-order chi connectivity index (χ1) is 12.6. The lowest BCUT2D eigenvalue weighted by molar-refractivity contribution is -0.115. The molecule has 0 saturated carbocycles. The van der Waals surface area contributed by atoms with E-state index in [0.717, 1.165) is 5.75 Å². The zero-order chi connectivity index (χ0) is 18.4. The Hall–Kier alpha value is -3.19. The van der Waals surface area contributed by atoms with E-state index < -0.39 is 0 Å². The number of carbonyl (C=O) groups excluding carboxylic acids is 2. The zero-order valence-electron chi connectivity index (χ0n) is 14.1. The summed E-state index contributed by atoms with van der Waals surface area (Å²) >= 11 is 1.29. The smallest absolute Gasteiger partial charge is 0.257 e. The van der Waals surface area contributed by atoms with Gasteiger partial charge in [-0.15, -0.1) is 11.3 Å². The number of anilines is 2. The molecule has 132 valence electrons. The maximum absolute atomic E-state index is 12.1. The minimum Gasteiger partial charge on any atom is -0.497 e. The number of carbonyl (C=O) groups is 2. The summed E-state index contributed by atoms with van der Waals surface area (Å²) in [7, 11) is 1.59. The average molecular weight is 367 g/mol. The Morgan fingerprint density at radius 2 is 1.77 bits per heavy atom. The van der Waals surface area contributed by atoms with Crippen molar-refractivity contribution in [2.75, 3.05) is 17.7 Å². The summed E-state index contributed by atoms with van der Waals surface area (Å²) in [6, 6.07) is 16.0. The number of methoxy groups -OCH3 is 1. The van der Waals surface area contributed by atoms with E-state index in [1.165, 1.54) is 11.3 Å². The predicted octanol–water partition coefficient (Wildman–Crippen LogP) is 3.59. The zero-order valence-corrected chi connectivity index (χ0v) is 14.9.